The normalized spacial score (nSPS) is 16.0. The van der Waals surface area contributed by atoms with E-state index in [1.807, 2.05) is 18.2 Å². The summed E-state index contributed by atoms with van der Waals surface area (Å²) in [5.74, 6) is 1.80. The fraction of sp³-hybridized carbons (Fsp3) is 0.450. The van der Waals surface area contributed by atoms with Gasteiger partial charge in [0.05, 0.1) is 32.2 Å². The molecule has 0 bridgehead atoms. The maximum atomic E-state index is 12.8. The highest BCUT2D eigenvalue weighted by atomic mass is 16.5. The van der Waals surface area contributed by atoms with Gasteiger partial charge in [0.25, 0.3) is 5.56 Å². The van der Waals surface area contributed by atoms with Crippen LogP contribution in [0, 0.1) is 6.92 Å². The zero-order valence-electron chi connectivity index (χ0n) is 17.2. The predicted octanol–water partition coefficient (Wildman–Crippen LogP) is 0.958. The molecule has 1 aromatic heterocycles. The third-order valence-electron chi connectivity index (χ3n) is 5.30. The van der Waals surface area contributed by atoms with Gasteiger partial charge in [0.2, 0.25) is 5.91 Å². The van der Waals surface area contributed by atoms with Crippen molar-refractivity contribution in [3.05, 3.63) is 39.9 Å². The number of nitrogens with zero attached hydrogens (tertiary/aromatic N) is 3. The number of carbonyl (C=O) groups excluding carboxylic acids is 1. The number of nitrogens with one attached hydrogen (secondary N) is 1. The van der Waals surface area contributed by atoms with Crippen LogP contribution in [0.15, 0.2) is 23.0 Å². The van der Waals surface area contributed by atoms with Crippen molar-refractivity contribution < 1.29 is 14.3 Å². The van der Waals surface area contributed by atoms with Crippen LogP contribution in [0.2, 0.25) is 0 Å². The van der Waals surface area contributed by atoms with E-state index in [4.69, 9.17) is 15.2 Å². The molecule has 2 heterocycles. The molecular formula is C20H27N5O4. The van der Waals surface area contributed by atoms with Crippen molar-refractivity contribution in [1.29, 1.82) is 0 Å². The lowest BCUT2D eigenvalue weighted by atomic mass is 10.1. The summed E-state index contributed by atoms with van der Waals surface area (Å²) in [6, 6.07) is 5.75. The van der Waals surface area contributed by atoms with Gasteiger partial charge in [-0.2, -0.15) is 0 Å². The summed E-state index contributed by atoms with van der Waals surface area (Å²) in [6.07, 6.45) is 0.744. The Morgan fingerprint density at radius 1 is 1.31 bits per heavy atom. The van der Waals surface area contributed by atoms with Gasteiger partial charge >= 0.3 is 0 Å². The Labute approximate surface area is 169 Å². The summed E-state index contributed by atoms with van der Waals surface area (Å²) in [5, 5.41) is 0. The first-order chi connectivity index (χ1) is 13.8. The molecule has 29 heavy (non-hydrogen) atoms. The highest BCUT2D eigenvalue weighted by Gasteiger charge is 2.29. The van der Waals surface area contributed by atoms with Crippen molar-refractivity contribution in [2.45, 2.75) is 25.8 Å². The molecule has 2 aromatic rings. The van der Waals surface area contributed by atoms with Crippen LogP contribution >= 0.6 is 0 Å². The number of hydrogen-bond acceptors (Lipinski definition) is 7. The number of anilines is 2. The van der Waals surface area contributed by atoms with Gasteiger partial charge in [-0.3, -0.25) is 9.59 Å². The van der Waals surface area contributed by atoms with Crippen LogP contribution in [0.5, 0.6) is 11.5 Å². The number of aromatic amines is 1. The van der Waals surface area contributed by atoms with Crippen molar-refractivity contribution in [1.82, 2.24) is 14.9 Å². The first-order valence-electron chi connectivity index (χ1n) is 9.41. The van der Waals surface area contributed by atoms with Gasteiger partial charge < -0.3 is 30.0 Å². The van der Waals surface area contributed by atoms with Crippen molar-refractivity contribution in [2.75, 3.05) is 45.0 Å². The molecule has 1 aromatic carbocycles. The molecule has 0 radical (unpaired) electrons. The Hall–Kier alpha value is -3.23. The number of rotatable bonds is 6. The van der Waals surface area contributed by atoms with E-state index in [0.717, 1.165) is 18.7 Å². The lowest BCUT2D eigenvalue weighted by molar-refractivity contribution is -0.130. The van der Waals surface area contributed by atoms with E-state index in [-0.39, 0.29) is 35.3 Å². The number of amides is 1. The predicted molar refractivity (Wildman–Crippen MR) is 111 cm³/mol. The van der Waals surface area contributed by atoms with Gasteiger partial charge in [0.15, 0.2) is 0 Å². The van der Waals surface area contributed by atoms with Crippen molar-refractivity contribution in [3.8, 4) is 11.5 Å². The second-order valence-electron chi connectivity index (χ2n) is 7.16. The zero-order chi connectivity index (χ0) is 21.1. The van der Waals surface area contributed by atoms with Crippen LogP contribution in [0.1, 0.15) is 17.8 Å². The molecule has 156 valence electrons. The van der Waals surface area contributed by atoms with Gasteiger partial charge in [-0.25, -0.2) is 4.98 Å². The number of aromatic nitrogens is 2. The molecular weight excluding hydrogens is 374 g/mol. The molecule has 1 saturated heterocycles. The number of methoxy groups -OCH3 is 2. The summed E-state index contributed by atoms with van der Waals surface area (Å²) in [4.78, 5) is 35.4. The van der Waals surface area contributed by atoms with E-state index >= 15 is 0 Å². The quantitative estimate of drug-likeness (QED) is 0.741. The van der Waals surface area contributed by atoms with E-state index < -0.39 is 0 Å². The number of nitrogens with two attached hydrogens (primary N) is 1. The van der Waals surface area contributed by atoms with Crippen LogP contribution in [-0.2, 0) is 11.2 Å². The Morgan fingerprint density at radius 3 is 2.55 bits per heavy atom. The monoisotopic (exact) mass is 401 g/mol. The zero-order valence-corrected chi connectivity index (χ0v) is 17.2. The van der Waals surface area contributed by atoms with E-state index in [1.165, 1.54) is 0 Å². The fourth-order valence-electron chi connectivity index (χ4n) is 3.55. The first-order valence-corrected chi connectivity index (χ1v) is 9.41. The molecule has 9 nitrogen and oxygen atoms in total. The number of likely N-dealkylation sites (N-methyl/N-ethyl adjacent to an activating group) is 1. The summed E-state index contributed by atoms with van der Waals surface area (Å²) in [5.41, 5.74) is 6.66. The van der Waals surface area contributed by atoms with Crippen molar-refractivity contribution in [3.63, 3.8) is 0 Å². The first kappa shape index (κ1) is 20.5. The molecule has 3 N–H and O–H groups in total. The average molecular weight is 401 g/mol. The largest absolute Gasteiger partial charge is 0.497 e. The summed E-state index contributed by atoms with van der Waals surface area (Å²) in [6.45, 7) is 3.13. The lowest BCUT2D eigenvalue weighted by Gasteiger charge is -2.26. The van der Waals surface area contributed by atoms with Gasteiger partial charge in [-0.15, -0.1) is 0 Å². The standard InChI is InChI=1S/C20H27N5O4/c1-12-22-19(21)17(20(27)23-12)10-18(26)24(2)13-5-6-25(11-13)14-7-15(28-3)9-16(8-14)29-4/h7-9,13H,5-6,10-11H2,1-4H3,(H3,21,22,23,27)/t13-/m1/s1. The number of hydrogen-bond donors (Lipinski definition) is 2. The van der Waals surface area contributed by atoms with Crippen molar-refractivity contribution in [2.24, 2.45) is 0 Å². The topological polar surface area (TPSA) is 114 Å². The smallest absolute Gasteiger partial charge is 0.256 e. The molecule has 0 saturated carbocycles. The minimum atomic E-state index is -0.367. The maximum Gasteiger partial charge on any atom is 0.256 e. The fourth-order valence-corrected chi connectivity index (χ4v) is 3.55. The average Bonchev–Trinajstić information content (AvgIpc) is 3.19. The number of nitrogen functional groups attached to an aromatic ring is 1. The molecule has 1 amide bonds. The minimum absolute atomic E-state index is 0.0263. The van der Waals surface area contributed by atoms with Gasteiger partial charge in [0, 0.05) is 44.0 Å². The molecule has 3 rings (SSSR count). The van der Waals surface area contributed by atoms with Crippen LogP contribution in [0.4, 0.5) is 11.5 Å². The molecule has 9 heteroatoms. The number of ether oxygens (including phenoxy) is 2. The van der Waals surface area contributed by atoms with Crippen molar-refractivity contribution >= 4 is 17.4 Å². The summed E-state index contributed by atoms with van der Waals surface area (Å²) < 4.78 is 10.7. The number of benzene rings is 1. The molecule has 1 aliphatic heterocycles. The Bertz CT molecular complexity index is 936. The Balaban J connectivity index is 1.70. The maximum absolute atomic E-state index is 12.8. The molecule has 1 fully saturated rings. The lowest BCUT2D eigenvalue weighted by Crippen LogP contribution is -2.40. The van der Waals surface area contributed by atoms with E-state index in [9.17, 15) is 9.59 Å². The molecule has 0 spiro atoms. The van der Waals surface area contributed by atoms with Crippen LogP contribution in [-0.4, -0.2) is 61.2 Å². The number of aryl methyl sites for hydroxylation is 1. The molecule has 1 aliphatic rings. The number of H-pyrrole nitrogens is 1. The van der Waals surface area contributed by atoms with E-state index in [2.05, 4.69) is 14.9 Å². The summed E-state index contributed by atoms with van der Waals surface area (Å²) >= 11 is 0. The molecule has 1 atom stereocenters. The van der Waals surface area contributed by atoms with Gasteiger partial charge in [-0.05, 0) is 13.3 Å². The second-order valence-corrected chi connectivity index (χ2v) is 7.16. The van der Waals surface area contributed by atoms with Crippen LogP contribution in [0.25, 0.3) is 0 Å². The van der Waals surface area contributed by atoms with E-state index in [1.54, 1.807) is 33.1 Å². The minimum Gasteiger partial charge on any atom is -0.497 e. The highest BCUT2D eigenvalue weighted by molar-refractivity contribution is 5.80. The van der Waals surface area contributed by atoms with Gasteiger partial charge in [-0.1, -0.05) is 0 Å². The third-order valence-corrected chi connectivity index (χ3v) is 5.30. The Kier molecular flexibility index (Phi) is 5.95. The van der Waals surface area contributed by atoms with Crippen LogP contribution < -0.4 is 25.7 Å². The molecule has 0 aliphatic carbocycles. The summed E-state index contributed by atoms with van der Waals surface area (Å²) in [7, 11) is 4.99. The van der Waals surface area contributed by atoms with E-state index in [0.29, 0.717) is 23.9 Å². The highest BCUT2D eigenvalue weighted by Crippen LogP contribution is 2.31. The second kappa shape index (κ2) is 8.42. The third kappa shape index (κ3) is 4.44. The number of carbonyl (C=O) groups is 1. The van der Waals surface area contributed by atoms with Crippen LogP contribution in [0.3, 0.4) is 0 Å². The molecule has 0 unspecified atom stereocenters. The SMILES string of the molecule is COc1cc(OC)cc(N2CC[C@@H](N(C)C(=O)Cc3c(N)nc(C)[nH]c3=O)C2)c1. The van der Waals surface area contributed by atoms with Gasteiger partial charge in [0.1, 0.15) is 23.1 Å². The Morgan fingerprint density at radius 2 is 1.97 bits per heavy atom.